The molecule has 1 heterocycles. The summed E-state index contributed by atoms with van der Waals surface area (Å²) >= 11 is 1.02. The van der Waals surface area contributed by atoms with E-state index in [0.29, 0.717) is 5.00 Å². The van der Waals surface area contributed by atoms with Gasteiger partial charge in [0.2, 0.25) is 0 Å². The van der Waals surface area contributed by atoms with Crippen LogP contribution < -0.4 is 11.5 Å². The average Bonchev–Trinajstić information content (AvgIpc) is 2.34. The van der Waals surface area contributed by atoms with E-state index < -0.39 is 5.97 Å². The van der Waals surface area contributed by atoms with E-state index in [4.69, 9.17) is 16.6 Å². The molecule has 5 nitrogen and oxygen atoms in total. The van der Waals surface area contributed by atoms with E-state index >= 15 is 0 Å². The minimum Gasteiger partial charge on any atom is -0.477 e. The first-order valence-corrected chi connectivity index (χ1v) is 3.84. The van der Waals surface area contributed by atoms with Crippen LogP contribution in [0.1, 0.15) is 9.67 Å². The normalized spacial score (nSPS) is 9.33. The van der Waals surface area contributed by atoms with Gasteiger partial charge in [0.25, 0.3) is 0 Å². The van der Waals surface area contributed by atoms with Crippen LogP contribution in [-0.2, 0) is 0 Å². The highest BCUT2D eigenvalue weighted by Gasteiger charge is 2.05. The molecule has 1 aromatic heterocycles. The second kappa shape index (κ2) is 3.22. The van der Waals surface area contributed by atoms with Gasteiger partial charge in [0.15, 0.2) is 5.96 Å². The van der Waals surface area contributed by atoms with Gasteiger partial charge in [-0.15, -0.1) is 11.3 Å². The van der Waals surface area contributed by atoms with Gasteiger partial charge < -0.3 is 16.6 Å². The van der Waals surface area contributed by atoms with Gasteiger partial charge in [-0.25, -0.2) is 9.79 Å². The predicted molar refractivity (Wildman–Crippen MR) is 46.7 cm³/mol. The third-order valence-electron chi connectivity index (χ3n) is 1.04. The van der Waals surface area contributed by atoms with Gasteiger partial charge in [0, 0.05) is 0 Å². The summed E-state index contributed by atoms with van der Waals surface area (Å²) in [6, 6.07) is 3.00. The molecule has 0 bridgehead atoms. The number of nitrogens with zero attached hydrogens (tertiary/aromatic N) is 1. The lowest BCUT2D eigenvalue weighted by atomic mass is 10.5. The third-order valence-corrected chi connectivity index (χ3v) is 2.01. The van der Waals surface area contributed by atoms with Crippen molar-refractivity contribution in [2.24, 2.45) is 16.5 Å². The predicted octanol–water partition coefficient (Wildman–Crippen LogP) is 0.351. The van der Waals surface area contributed by atoms with Crippen molar-refractivity contribution in [3.63, 3.8) is 0 Å². The van der Waals surface area contributed by atoms with Gasteiger partial charge in [-0.1, -0.05) is 0 Å². The molecule has 0 aromatic carbocycles. The third kappa shape index (κ3) is 1.96. The van der Waals surface area contributed by atoms with Gasteiger partial charge in [0.1, 0.15) is 9.88 Å². The number of aliphatic imine (C=N–C) groups is 1. The smallest absolute Gasteiger partial charge is 0.345 e. The Kier molecular flexibility index (Phi) is 2.29. The highest BCUT2D eigenvalue weighted by Crippen LogP contribution is 2.24. The lowest BCUT2D eigenvalue weighted by Gasteiger charge is -1.86. The standard InChI is InChI=1S/C6H7N3O2S/c7-6(8)9-4-2-1-3(12-4)5(10)11/h1-2H,(H,10,11)(H4,7,8,9). The van der Waals surface area contributed by atoms with E-state index in [0.717, 1.165) is 11.3 Å². The van der Waals surface area contributed by atoms with Crippen LogP contribution in [0.5, 0.6) is 0 Å². The van der Waals surface area contributed by atoms with Gasteiger partial charge in [-0.3, -0.25) is 0 Å². The molecule has 1 aromatic rings. The topological polar surface area (TPSA) is 102 Å². The minimum atomic E-state index is -0.975. The largest absolute Gasteiger partial charge is 0.477 e. The van der Waals surface area contributed by atoms with Gasteiger partial charge in [0.05, 0.1) is 0 Å². The number of hydrogen-bond donors (Lipinski definition) is 3. The zero-order valence-corrected chi connectivity index (χ0v) is 6.84. The summed E-state index contributed by atoms with van der Waals surface area (Å²) < 4.78 is 0. The Balaban J connectivity index is 2.92. The molecule has 0 aliphatic heterocycles. The molecule has 0 aliphatic rings. The molecule has 1 rings (SSSR count). The van der Waals surface area contributed by atoms with Crippen molar-refractivity contribution in [1.29, 1.82) is 0 Å². The Bertz CT molecular complexity index is 327. The molecule has 0 atom stereocenters. The fourth-order valence-electron chi connectivity index (χ4n) is 0.630. The van der Waals surface area contributed by atoms with Crippen LogP contribution in [0.3, 0.4) is 0 Å². The number of nitrogens with two attached hydrogens (primary N) is 2. The van der Waals surface area contributed by atoms with Crippen molar-refractivity contribution >= 4 is 28.3 Å². The van der Waals surface area contributed by atoms with Gasteiger partial charge in [-0.2, -0.15) is 0 Å². The second-order valence-electron chi connectivity index (χ2n) is 1.98. The van der Waals surface area contributed by atoms with Crippen LogP contribution in [0.25, 0.3) is 0 Å². The Labute approximate surface area is 72.3 Å². The summed E-state index contributed by atoms with van der Waals surface area (Å²) in [6.45, 7) is 0. The summed E-state index contributed by atoms with van der Waals surface area (Å²) in [4.78, 5) is 14.3. The highest BCUT2D eigenvalue weighted by atomic mass is 32.1. The van der Waals surface area contributed by atoms with Crippen molar-refractivity contribution < 1.29 is 9.90 Å². The quantitative estimate of drug-likeness (QED) is 0.457. The van der Waals surface area contributed by atoms with Crippen LogP contribution >= 0.6 is 11.3 Å². The van der Waals surface area contributed by atoms with Gasteiger partial charge >= 0.3 is 5.97 Å². The summed E-state index contributed by atoms with van der Waals surface area (Å²) in [7, 11) is 0. The van der Waals surface area contributed by atoms with Crippen LogP contribution in [0.2, 0.25) is 0 Å². The molecule has 0 unspecified atom stereocenters. The number of guanidine groups is 1. The van der Waals surface area contributed by atoms with E-state index in [1.54, 1.807) is 6.07 Å². The van der Waals surface area contributed by atoms with Crippen molar-refractivity contribution in [2.45, 2.75) is 0 Å². The number of thiophene rings is 1. The van der Waals surface area contributed by atoms with Crippen molar-refractivity contribution in [1.82, 2.24) is 0 Å². The minimum absolute atomic E-state index is 0.0752. The summed E-state index contributed by atoms with van der Waals surface area (Å²) in [6.07, 6.45) is 0. The van der Waals surface area contributed by atoms with E-state index in [9.17, 15) is 4.79 Å². The number of aromatic carboxylic acids is 1. The lowest BCUT2D eigenvalue weighted by Crippen LogP contribution is -2.21. The Morgan fingerprint density at radius 1 is 1.50 bits per heavy atom. The van der Waals surface area contributed by atoms with E-state index in [-0.39, 0.29) is 10.8 Å². The molecule has 12 heavy (non-hydrogen) atoms. The van der Waals surface area contributed by atoms with Crippen molar-refractivity contribution in [3.8, 4) is 0 Å². The Morgan fingerprint density at radius 3 is 2.58 bits per heavy atom. The fraction of sp³-hybridized carbons (Fsp3) is 0. The molecule has 0 aliphatic carbocycles. The first-order valence-electron chi connectivity index (χ1n) is 3.02. The number of hydrogen-bond acceptors (Lipinski definition) is 3. The molecular formula is C6H7N3O2S. The monoisotopic (exact) mass is 185 g/mol. The summed E-state index contributed by atoms with van der Waals surface area (Å²) in [5.74, 6) is -1.05. The number of carboxylic acid groups (broad SMARTS) is 1. The first kappa shape index (κ1) is 8.54. The average molecular weight is 185 g/mol. The van der Waals surface area contributed by atoms with Crippen LogP contribution in [0.4, 0.5) is 5.00 Å². The maximum absolute atomic E-state index is 10.4. The van der Waals surface area contributed by atoms with Crippen molar-refractivity contribution in [2.75, 3.05) is 0 Å². The number of carbonyl (C=O) groups is 1. The molecule has 0 saturated carbocycles. The number of carboxylic acids is 1. The summed E-state index contributed by atoms with van der Waals surface area (Å²) in [5, 5.41) is 9.02. The Morgan fingerprint density at radius 2 is 2.17 bits per heavy atom. The van der Waals surface area contributed by atoms with Gasteiger partial charge in [-0.05, 0) is 12.1 Å². The van der Waals surface area contributed by atoms with E-state index in [1.807, 2.05) is 0 Å². The Hall–Kier alpha value is -1.56. The van der Waals surface area contributed by atoms with E-state index in [1.165, 1.54) is 6.07 Å². The molecule has 0 radical (unpaired) electrons. The zero-order chi connectivity index (χ0) is 9.14. The zero-order valence-electron chi connectivity index (χ0n) is 6.02. The molecule has 6 heteroatoms. The summed E-state index contributed by atoms with van der Waals surface area (Å²) in [5.41, 5.74) is 10.2. The van der Waals surface area contributed by atoms with Crippen LogP contribution in [0, 0.1) is 0 Å². The van der Waals surface area contributed by atoms with Crippen LogP contribution in [0.15, 0.2) is 17.1 Å². The molecule has 0 amide bonds. The van der Waals surface area contributed by atoms with Crippen LogP contribution in [-0.4, -0.2) is 17.0 Å². The first-order chi connectivity index (χ1) is 5.59. The number of rotatable bonds is 2. The second-order valence-corrected chi connectivity index (χ2v) is 3.04. The molecule has 0 spiro atoms. The van der Waals surface area contributed by atoms with E-state index in [2.05, 4.69) is 4.99 Å². The molecular weight excluding hydrogens is 178 g/mol. The molecule has 0 saturated heterocycles. The SMILES string of the molecule is NC(N)=Nc1ccc(C(=O)O)s1. The fourth-order valence-corrected chi connectivity index (χ4v) is 1.37. The molecule has 5 N–H and O–H groups in total. The maximum atomic E-state index is 10.4. The molecule has 0 fully saturated rings. The maximum Gasteiger partial charge on any atom is 0.345 e. The lowest BCUT2D eigenvalue weighted by molar-refractivity contribution is 0.0702. The molecule has 64 valence electrons. The highest BCUT2D eigenvalue weighted by molar-refractivity contribution is 7.17. The van der Waals surface area contributed by atoms with Crippen molar-refractivity contribution in [3.05, 3.63) is 17.0 Å².